The Morgan fingerprint density at radius 1 is 0.957 bits per heavy atom. The van der Waals surface area contributed by atoms with E-state index in [-0.39, 0.29) is 16.9 Å². The van der Waals surface area contributed by atoms with Gasteiger partial charge in [0.25, 0.3) is 5.56 Å². The highest BCUT2D eigenvalue weighted by Gasteiger charge is 2.16. The number of fused-ring (bicyclic) bond motifs is 1. The Morgan fingerprint density at radius 2 is 1.57 bits per heavy atom. The standard InChI is InChI=1S/C18H17NO4/c1-19-15-10-13(23-3)8-9-14(15)17(20)16(18(19)21)11-4-6-12(22-2)7-5-11/h4-10,20H,1-3H3. The lowest BCUT2D eigenvalue weighted by Gasteiger charge is -2.13. The molecule has 2 aromatic carbocycles. The maximum Gasteiger partial charge on any atom is 0.262 e. The molecule has 3 rings (SSSR count). The lowest BCUT2D eigenvalue weighted by Crippen LogP contribution is -2.19. The first kappa shape index (κ1) is 15.0. The molecule has 0 atom stereocenters. The number of benzene rings is 2. The first-order chi connectivity index (χ1) is 11.1. The van der Waals surface area contributed by atoms with Gasteiger partial charge in [-0.1, -0.05) is 12.1 Å². The Hall–Kier alpha value is -2.95. The molecule has 1 N–H and O–H groups in total. The zero-order valence-corrected chi connectivity index (χ0v) is 13.2. The van der Waals surface area contributed by atoms with E-state index in [2.05, 4.69) is 0 Å². The van der Waals surface area contributed by atoms with E-state index in [0.717, 1.165) is 0 Å². The lowest BCUT2D eigenvalue weighted by atomic mass is 10.0. The van der Waals surface area contributed by atoms with Gasteiger partial charge >= 0.3 is 0 Å². The van der Waals surface area contributed by atoms with Gasteiger partial charge in [0.15, 0.2) is 0 Å². The van der Waals surface area contributed by atoms with Crippen LogP contribution in [0.15, 0.2) is 47.3 Å². The van der Waals surface area contributed by atoms with Gasteiger partial charge in [0, 0.05) is 18.5 Å². The van der Waals surface area contributed by atoms with Gasteiger partial charge in [-0.15, -0.1) is 0 Å². The number of aryl methyl sites for hydroxylation is 1. The number of ether oxygens (including phenoxy) is 2. The third-order valence-corrected chi connectivity index (χ3v) is 3.96. The van der Waals surface area contributed by atoms with Crippen LogP contribution in [0.5, 0.6) is 17.2 Å². The van der Waals surface area contributed by atoms with Gasteiger partial charge in [-0.3, -0.25) is 4.79 Å². The Morgan fingerprint density at radius 3 is 2.17 bits per heavy atom. The van der Waals surface area contributed by atoms with Crippen molar-refractivity contribution in [1.82, 2.24) is 4.57 Å². The lowest BCUT2D eigenvalue weighted by molar-refractivity contribution is 0.414. The highest BCUT2D eigenvalue weighted by molar-refractivity contribution is 5.92. The van der Waals surface area contributed by atoms with E-state index in [9.17, 15) is 9.90 Å². The van der Waals surface area contributed by atoms with Gasteiger partial charge in [-0.2, -0.15) is 0 Å². The minimum atomic E-state index is -0.270. The summed E-state index contributed by atoms with van der Waals surface area (Å²) >= 11 is 0. The second-order valence-corrected chi connectivity index (χ2v) is 5.20. The molecule has 0 fully saturated rings. The van der Waals surface area contributed by atoms with Gasteiger partial charge in [0.1, 0.15) is 17.2 Å². The third kappa shape index (κ3) is 2.40. The summed E-state index contributed by atoms with van der Waals surface area (Å²) in [6.07, 6.45) is 0. The zero-order valence-electron chi connectivity index (χ0n) is 13.2. The fourth-order valence-corrected chi connectivity index (χ4v) is 2.65. The van der Waals surface area contributed by atoms with Crippen molar-refractivity contribution in [2.24, 2.45) is 7.05 Å². The molecule has 0 saturated heterocycles. The van der Waals surface area contributed by atoms with Crippen LogP contribution in [0.25, 0.3) is 22.0 Å². The van der Waals surface area contributed by atoms with Crippen LogP contribution in [-0.4, -0.2) is 23.9 Å². The highest BCUT2D eigenvalue weighted by atomic mass is 16.5. The van der Waals surface area contributed by atoms with Crippen molar-refractivity contribution >= 4 is 10.9 Å². The molecule has 0 bridgehead atoms. The number of hydrogen-bond donors (Lipinski definition) is 1. The minimum absolute atomic E-state index is 0.0316. The van der Waals surface area contributed by atoms with Crippen molar-refractivity contribution < 1.29 is 14.6 Å². The molecule has 23 heavy (non-hydrogen) atoms. The van der Waals surface area contributed by atoms with Crippen molar-refractivity contribution in [3.05, 3.63) is 52.8 Å². The number of nitrogens with zero attached hydrogens (tertiary/aromatic N) is 1. The van der Waals surface area contributed by atoms with Crippen molar-refractivity contribution in [3.8, 4) is 28.4 Å². The first-order valence-electron chi connectivity index (χ1n) is 7.11. The number of hydrogen-bond acceptors (Lipinski definition) is 4. The van der Waals surface area contributed by atoms with Crippen LogP contribution in [0.3, 0.4) is 0 Å². The molecule has 1 aromatic heterocycles. The van der Waals surface area contributed by atoms with Crippen LogP contribution in [-0.2, 0) is 7.05 Å². The Balaban J connectivity index is 2.31. The summed E-state index contributed by atoms with van der Waals surface area (Å²) in [5.74, 6) is 1.29. The maximum absolute atomic E-state index is 12.7. The van der Waals surface area contributed by atoms with Gasteiger partial charge in [-0.05, 0) is 29.8 Å². The largest absolute Gasteiger partial charge is 0.506 e. The summed E-state index contributed by atoms with van der Waals surface area (Å²) in [7, 11) is 4.82. The molecule has 3 aromatic rings. The molecule has 0 unspecified atom stereocenters. The number of rotatable bonds is 3. The first-order valence-corrected chi connectivity index (χ1v) is 7.11. The summed E-state index contributed by atoms with van der Waals surface area (Å²) < 4.78 is 11.8. The van der Waals surface area contributed by atoms with E-state index in [1.807, 2.05) is 0 Å². The minimum Gasteiger partial charge on any atom is -0.506 e. The SMILES string of the molecule is COc1ccc(-c2c(O)c3ccc(OC)cc3n(C)c2=O)cc1. The number of methoxy groups -OCH3 is 2. The molecule has 5 heteroatoms. The van der Waals surface area contributed by atoms with E-state index in [1.54, 1.807) is 63.7 Å². The number of aromatic nitrogens is 1. The number of pyridine rings is 1. The van der Waals surface area contributed by atoms with Gasteiger partial charge in [-0.25, -0.2) is 0 Å². The van der Waals surface area contributed by atoms with Gasteiger partial charge in [0.05, 0.1) is 25.3 Å². The summed E-state index contributed by atoms with van der Waals surface area (Å²) in [6, 6.07) is 12.3. The summed E-state index contributed by atoms with van der Waals surface area (Å²) in [6.45, 7) is 0. The van der Waals surface area contributed by atoms with Crippen molar-refractivity contribution in [2.45, 2.75) is 0 Å². The van der Waals surface area contributed by atoms with E-state index in [0.29, 0.717) is 28.0 Å². The van der Waals surface area contributed by atoms with Gasteiger partial charge < -0.3 is 19.1 Å². The van der Waals surface area contributed by atoms with E-state index < -0.39 is 0 Å². The fraction of sp³-hybridized carbons (Fsp3) is 0.167. The van der Waals surface area contributed by atoms with Crippen LogP contribution < -0.4 is 15.0 Å². The molecule has 0 aliphatic carbocycles. The van der Waals surface area contributed by atoms with E-state index in [1.165, 1.54) is 4.57 Å². The monoisotopic (exact) mass is 311 g/mol. The summed E-state index contributed by atoms with van der Waals surface area (Å²) in [5.41, 5.74) is 1.26. The summed E-state index contributed by atoms with van der Waals surface area (Å²) in [4.78, 5) is 12.7. The zero-order chi connectivity index (χ0) is 16.6. The molecule has 0 aliphatic heterocycles. The molecule has 0 aliphatic rings. The third-order valence-electron chi connectivity index (χ3n) is 3.96. The van der Waals surface area contributed by atoms with Crippen LogP contribution in [0.4, 0.5) is 0 Å². The second kappa shape index (κ2) is 5.68. The highest BCUT2D eigenvalue weighted by Crippen LogP contribution is 2.34. The Kier molecular flexibility index (Phi) is 3.70. The molecule has 5 nitrogen and oxygen atoms in total. The van der Waals surface area contributed by atoms with Crippen molar-refractivity contribution in [2.75, 3.05) is 14.2 Å². The van der Waals surface area contributed by atoms with Gasteiger partial charge in [0.2, 0.25) is 0 Å². The predicted molar refractivity (Wildman–Crippen MR) is 89.4 cm³/mol. The average molecular weight is 311 g/mol. The smallest absolute Gasteiger partial charge is 0.262 e. The van der Waals surface area contributed by atoms with Crippen molar-refractivity contribution in [3.63, 3.8) is 0 Å². The molecule has 0 saturated carbocycles. The summed E-state index contributed by atoms with van der Waals surface area (Å²) in [5, 5.41) is 11.2. The fourth-order valence-electron chi connectivity index (χ4n) is 2.65. The topological polar surface area (TPSA) is 60.7 Å². The molecule has 0 amide bonds. The van der Waals surface area contributed by atoms with E-state index in [4.69, 9.17) is 9.47 Å². The van der Waals surface area contributed by atoms with Crippen LogP contribution >= 0.6 is 0 Å². The second-order valence-electron chi connectivity index (χ2n) is 5.20. The molecule has 0 radical (unpaired) electrons. The molecular weight excluding hydrogens is 294 g/mol. The normalized spacial score (nSPS) is 10.7. The van der Waals surface area contributed by atoms with Crippen LogP contribution in [0.1, 0.15) is 0 Å². The Bertz CT molecular complexity index is 926. The van der Waals surface area contributed by atoms with Crippen LogP contribution in [0, 0.1) is 0 Å². The number of aromatic hydroxyl groups is 1. The average Bonchev–Trinajstić information content (AvgIpc) is 2.60. The quantitative estimate of drug-likeness (QED) is 0.808. The maximum atomic E-state index is 12.7. The Labute approximate surface area is 133 Å². The molecule has 0 spiro atoms. The molecular formula is C18H17NO4. The van der Waals surface area contributed by atoms with Crippen LogP contribution in [0.2, 0.25) is 0 Å². The molecule has 1 heterocycles. The van der Waals surface area contributed by atoms with Crippen molar-refractivity contribution in [1.29, 1.82) is 0 Å². The molecule has 118 valence electrons. The van der Waals surface area contributed by atoms with E-state index >= 15 is 0 Å². The predicted octanol–water partition coefficient (Wildman–Crippen LogP) is 2.93.